The Labute approximate surface area is 95.0 Å². The quantitative estimate of drug-likeness (QED) is 0.847. The van der Waals surface area contributed by atoms with E-state index in [0.29, 0.717) is 5.89 Å². The second-order valence-electron chi connectivity index (χ2n) is 3.46. The van der Waals surface area contributed by atoms with E-state index in [4.69, 9.17) is 9.26 Å². The van der Waals surface area contributed by atoms with Crippen LogP contribution < -0.4 is 5.32 Å². The van der Waals surface area contributed by atoms with Gasteiger partial charge in [-0.1, -0.05) is 12.1 Å². The van der Waals surface area contributed by atoms with E-state index in [2.05, 4.69) is 15.5 Å². The minimum absolute atomic E-state index is 0. The number of aryl methyl sites for hydroxylation is 1. The monoisotopic (exact) mass is 233 g/mol. The molecule has 0 unspecified atom stereocenters. The number of aromatic nitrogens is 2. The fourth-order valence-electron chi connectivity index (χ4n) is 1.62. The molecule has 6 heteroatoms. The highest BCUT2D eigenvalue weighted by molar-refractivity contribution is 5.85. The molecule has 2 atom stereocenters. The van der Waals surface area contributed by atoms with Crippen LogP contribution >= 0.6 is 12.4 Å². The van der Waals surface area contributed by atoms with Gasteiger partial charge in [-0.15, -0.1) is 12.4 Å². The summed E-state index contributed by atoms with van der Waals surface area (Å²) in [6.45, 7) is 2.86. The molecule has 5 nitrogen and oxygen atoms in total. The SMILES string of the molecule is CCc1noc([C@@H]2C[C@@H](OC)CN2)n1.Cl. The van der Waals surface area contributed by atoms with Crippen molar-refractivity contribution in [1.82, 2.24) is 15.5 Å². The van der Waals surface area contributed by atoms with Gasteiger partial charge in [0.1, 0.15) is 0 Å². The molecular formula is C9H16ClN3O2. The van der Waals surface area contributed by atoms with Crippen molar-refractivity contribution in [2.45, 2.75) is 31.9 Å². The summed E-state index contributed by atoms with van der Waals surface area (Å²) in [5.41, 5.74) is 0. The van der Waals surface area contributed by atoms with Crippen molar-refractivity contribution in [2.75, 3.05) is 13.7 Å². The lowest BCUT2D eigenvalue weighted by Gasteiger charge is -2.04. The van der Waals surface area contributed by atoms with Crippen LogP contribution in [0.2, 0.25) is 0 Å². The van der Waals surface area contributed by atoms with Gasteiger partial charge in [0.05, 0.1) is 12.1 Å². The first-order valence-electron chi connectivity index (χ1n) is 4.92. The van der Waals surface area contributed by atoms with E-state index >= 15 is 0 Å². The van der Waals surface area contributed by atoms with Crippen LogP contribution in [0.1, 0.15) is 31.1 Å². The van der Waals surface area contributed by atoms with Crippen molar-refractivity contribution >= 4 is 12.4 Å². The third kappa shape index (κ3) is 2.68. The van der Waals surface area contributed by atoms with E-state index < -0.39 is 0 Å². The third-order valence-electron chi connectivity index (χ3n) is 2.52. The zero-order valence-electron chi connectivity index (χ0n) is 8.90. The molecule has 1 N–H and O–H groups in total. The van der Waals surface area contributed by atoms with E-state index in [1.165, 1.54) is 0 Å². The van der Waals surface area contributed by atoms with Crippen LogP contribution in [0.4, 0.5) is 0 Å². The minimum atomic E-state index is 0. The zero-order valence-corrected chi connectivity index (χ0v) is 9.71. The van der Waals surface area contributed by atoms with Gasteiger partial charge in [0.15, 0.2) is 5.82 Å². The van der Waals surface area contributed by atoms with Gasteiger partial charge in [-0.25, -0.2) is 0 Å². The van der Waals surface area contributed by atoms with Gasteiger partial charge < -0.3 is 14.6 Å². The van der Waals surface area contributed by atoms with Crippen LogP contribution in [0.15, 0.2) is 4.52 Å². The van der Waals surface area contributed by atoms with Gasteiger partial charge in [-0.3, -0.25) is 0 Å². The largest absolute Gasteiger partial charge is 0.380 e. The highest BCUT2D eigenvalue weighted by Gasteiger charge is 2.28. The van der Waals surface area contributed by atoms with Gasteiger partial charge in [-0.05, 0) is 6.42 Å². The molecule has 0 aromatic carbocycles. The third-order valence-corrected chi connectivity index (χ3v) is 2.52. The molecule has 1 fully saturated rings. The summed E-state index contributed by atoms with van der Waals surface area (Å²) in [6, 6.07) is 0.160. The van der Waals surface area contributed by atoms with E-state index in [9.17, 15) is 0 Å². The molecule has 1 aliphatic rings. The van der Waals surface area contributed by atoms with E-state index in [1.807, 2.05) is 6.92 Å². The van der Waals surface area contributed by atoms with Crippen molar-refractivity contribution in [3.05, 3.63) is 11.7 Å². The highest BCUT2D eigenvalue weighted by Crippen LogP contribution is 2.23. The molecule has 1 aromatic rings. The van der Waals surface area contributed by atoms with Crippen LogP contribution in [0.3, 0.4) is 0 Å². The van der Waals surface area contributed by atoms with E-state index in [-0.39, 0.29) is 24.6 Å². The smallest absolute Gasteiger partial charge is 0.243 e. The summed E-state index contributed by atoms with van der Waals surface area (Å²) >= 11 is 0. The van der Waals surface area contributed by atoms with Gasteiger partial charge >= 0.3 is 0 Å². The lowest BCUT2D eigenvalue weighted by Crippen LogP contribution is -2.16. The molecule has 2 rings (SSSR count). The number of ether oxygens (including phenoxy) is 1. The van der Waals surface area contributed by atoms with Crippen molar-refractivity contribution in [3.8, 4) is 0 Å². The maximum absolute atomic E-state index is 5.24. The first-order chi connectivity index (χ1) is 6.83. The van der Waals surface area contributed by atoms with Gasteiger partial charge in [-0.2, -0.15) is 4.98 Å². The number of hydrogen-bond acceptors (Lipinski definition) is 5. The molecule has 0 bridgehead atoms. The fourth-order valence-corrected chi connectivity index (χ4v) is 1.62. The maximum Gasteiger partial charge on any atom is 0.243 e. The summed E-state index contributed by atoms with van der Waals surface area (Å²) in [5.74, 6) is 1.45. The Hall–Kier alpha value is -0.650. The number of methoxy groups -OCH3 is 1. The number of hydrogen-bond donors (Lipinski definition) is 1. The average molecular weight is 234 g/mol. The number of nitrogens with zero attached hydrogens (tertiary/aromatic N) is 2. The van der Waals surface area contributed by atoms with Crippen molar-refractivity contribution in [2.24, 2.45) is 0 Å². The summed E-state index contributed by atoms with van der Waals surface area (Å²) < 4.78 is 10.4. The molecule has 0 spiro atoms. The Morgan fingerprint density at radius 1 is 1.60 bits per heavy atom. The molecule has 1 aliphatic heterocycles. The van der Waals surface area contributed by atoms with Gasteiger partial charge in [0.2, 0.25) is 5.89 Å². The maximum atomic E-state index is 5.24. The standard InChI is InChI=1S/C9H15N3O2.ClH/c1-3-8-11-9(14-12-8)7-4-6(13-2)5-10-7;/h6-7,10H,3-5H2,1-2H3;1H/t6-,7+;/m1./s1. The number of nitrogens with one attached hydrogen (secondary N) is 1. The summed E-state index contributed by atoms with van der Waals surface area (Å²) in [4.78, 5) is 4.28. The average Bonchev–Trinajstić information content (AvgIpc) is 2.86. The topological polar surface area (TPSA) is 60.2 Å². The first kappa shape index (κ1) is 12.4. The molecule has 1 aromatic heterocycles. The van der Waals surface area contributed by atoms with Crippen molar-refractivity contribution in [1.29, 1.82) is 0 Å². The van der Waals surface area contributed by atoms with Gasteiger partial charge in [0, 0.05) is 20.1 Å². The first-order valence-corrected chi connectivity index (χ1v) is 4.92. The molecular weight excluding hydrogens is 218 g/mol. The molecule has 15 heavy (non-hydrogen) atoms. The normalized spacial score (nSPS) is 25.2. The number of halogens is 1. The predicted molar refractivity (Wildman–Crippen MR) is 57.1 cm³/mol. The Morgan fingerprint density at radius 3 is 2.93 bits per heavy atom. The minimum Gasteiger partial charge on any atom is -0.380 e. The second kappa shape index (κ2) is 5.44. The van der Waals surface area contributed by atoms with Crippen molar-refractivity contribution in [3.63, 3.8) is 0 Å². The van der Waals surface area contributed by atoms with Crippen LogP contribution in [0, 0.1) is 0 Å². The Balaban J connectivity index is 0.00000112. The lowest BCUT2D eigenvalue weighted by atomic mass is 10.2. The summed E-state index contributed by atoms with van der Waals surface area (Å²) in [6.07, 6.45) is 1.98. The van der Waals surface area contributed by atoms with Crippen LogP contribution in [-0.2, 0) is 11.2 Å². The molecule has 2 heterocycles. The van der Waals surface area contributed by atoms with E-state index in [0.717, 1.165) is 25.2 Å². The predicted octanol–water partition coefficient (Wildman–Crippen LogP) is 1.10. The highest BCUT2D eigenvalue weighted by atomic mass is 35.5. The molecule has 1 saturated heterocycles. The molecule has 86 valence electrons. The van der Waals surface area contributed by atoms with E-state index in [1.54, 1.807) is 7.11 Å². The summed E-state index contributed by atoms with van der Waals surface area (Å²) in [7, 11) is 1.72. The Morgan fingerprint density at radius 2 is 2.40 bits per heavy atom. The Kier molecular flexibility index (Phi) is 4.50. The molecule has 0 aliphatic carbocycles. The van der Waals surface area contributed by atoms with Crippen LogP contribution in [0.25, 0.3) is 0 Å². The van der Waals surface area contributed by atoms with Crippen LogP contribution in [0.5, 0.6) is 0 Å². The number of rotatable bonds is 3. The lowest BCUT2D eigenvalue weighted by molar-refractivity contribution is 0.116. The van der Waals surface area contributed by atoms with Crippen molar-refractivity contribution < 1.29 is 9.26 Å². The second-order valence-corrected chi connectivity index (χ2v) is 3.46. The molecule has 0 saturated carbocycles. The summed E-state index contributed by atoms with van der Waals surface area (Å²) in [5, 5.41) is 7.15. The fraction of sp³-hybridized carbons (Fsp3) is 0.778. The van der Waals surface area contributed by atoms with Gasteiger partial charge in [0.25, 0.3) is 0 Å². The Bertz CT molecular complexity index is 305. The zero-order chi connectivity index (χ0) is 9.97. The molecule has 0 radical (unpaired) electrons. The molecule has 0 amide bonds. The van der Waals surface area contributed by atoms with Crippen LogP contribution in [-0.4, -0.2) is 29.9 Å².